The van der Waals surface area contributed by atoms with Gasteiger partial charge in [-0.3, -0.25) is 9.78 Å². The Morgan fingerprint density at radius 3 is 2.62 bits per heavy atom. The first kappa shape index (κ1) is 18.3. The fourth-order valence-corrected chi connectivity index (χ4v) is 3.52. The molecule has 0 aliphatic carbocycles. The summed E-state index contributed by atoms with van der Waals surface area (Å²) in [7, 11) is 0. The van der Waals surface area contributed by atoms with Crippen LogP contribution in [-0.2, 0) is 30.5 Å². The maximum Gasteiger partial charge on any atom is 0.226 e. The highest BCUT2D eigenvalue weighted by Crippen LogP contribution is 2.13. The molecule has 0 unspecified atom stereocenters. The van der Waals surface area contributed by atoms with Gasteiger partial charge in [-0.15, -0.1) is 11.3 Å². The first-order valence-corrected chi connectivity index (χ1v) is 9.81. The largest absolute Gasteiger partial charge is 0.356 e. The van der Waals surface area contributed by atoms with E-state index in [2.05, 4.69) is 27.4 Å². The Morgan fingerprint density at radius 1 is 0.962 bits per heavy atom. The standard InChI is InChI=1S/C21H23N3OS/c25-20(23-14-6-9-17-7-2-1-3-8-17)15-19-16-26-21(24-19)12-11-18-10-4-5-13-22-18/h1-5,7-8,10,13,16H,6,9,11-12,14-15H2,(H,23,25). The molecule has 1 amide bonds. The molecule has 0 radical (unpaired) electrons. The lowest BCUT2D eigenvalue weighted by molar-refractivity contribution is -0.120. The Labute approximate surface area is 158 Å². The van der Waals surface area contributed by atoms with E-state index in [-0.39, 0.29) is 5.91 Å². The maximum absolute atomic E-state index is 12.1. The predicted octanol–water partition coefficient (Wildman–Crippen LogP) is 3.61. The highest BCUT2D eigenvalue weighted by molar-refractivity contribution is 7.09. The van der Waals surface area contributed by atoms with Crippen LogP contribution in [0.5, 0.6) is 0 Å². The van der Waals surface area contributed by atoms with Gasteiger partial charge in [-0.25, -0.2) is 4.98 Å². The summed E-state index contributed by atoms with van der Waals surface area (Å²) in [5, 5.41) is 6.03. The number of carbonyl (C=O) groups excluding carboxylic acids is 1. The van der Waals surface area contributed by atoms with Crippen LogP contribution in [0.15, 0.2) is 60.1 Å². The molecule has 3 aromatic rings. The molecule has 2 heterocycles. The van der Waals surface area contributed by atoms with Gasteiger partial charge in [0.15, 0.2) is 0 Å². The summed E-state index contributed by atoms with van der Waals surface area (Å²) in [6.07, 6.45) is 5.83. The molecule has 4 nitrogen and oxygen atoms in total. The quantitative estimate of drug-likeness (QED) is 0.589. The fourth-order valence-electron chi connectivity index (χ4n) is 2.72. The zero-order valence-electron chi connectivity index (χ0n) is 14.7. The molecule has 3 rings (SSSR count). The fraction of sp³-hybridized carbons (Fsp3) is 0.286. The van der Waals surface area contributed by atoms with Crippen LogP contribution >= 0.6 is 11.3 Å². The second-order valence-corrected chi connectivity index (χ2v) is 7.11. The number of nitrogens with one attached hydrogen (secondary N) is 1. The van der Waals surface area contributed by atoms with Gasteiger partial charge in [0.05, 0.1) is 17.1 Å². The van der Waals surface area contributed by atoms with E-state index in [0.717, 1.165) is 42.1 Å². The van der Waals surface area contributed by atoms with Gasteiger partial charge in [0.2, 0.25) is 5.91 Å². The van der Waals surface area contributed by atoms with E-state index in [9.17, 15) is 4.79 Å². The molecule has 0 fully saturated rings. The molecule has 1 N–H and O–H groups in total. The van der Waals surface area contributed by atoms with Gasteiger partial charge in [0.25, 0.3) is 0 Å². The minimum Gasteiger partial charge on any atom is -0.356 e. The number of rotatable bonds is 9. The number of hydrogen-bond donors (Lipinski definition) is 1. The third-order valence-electron chi connectivity index (χ3n) is 4.07. The van der Waals surface area contributed by atoms with Crippen molar-refractivity contribution >= 4 is 17.2 Å². The number of pyridine rings is 1. The van der Waals surface area contributed by atoms with Crippen molar-refractivity contribution in [1.29, 1.82) is 0 Å². The first-order valence-electron chi connectivity index (χ1n) is 8.93. The highest BCUT2D eigenvalue weighted by atomic mass is 32.1. The smallest absolute Gasteiger partial charge is 0.226 e. The van der Waals surface area contributed by atoms with Crippen molar-refractivity contribution < 1.29 is 4.79 Å². The van der Waals surface area contributed by atoms with Crippen LogP contribution in [0.4, 0.5) is 0 Å². The lowest BCUT2D eigenvalue weighted by atomic mass is 10.1. The van der Waals surface area contributed by atoms with Gasteiger partial charge in [-0.2, -0.15) is 0 Å². The van der Waals surface area contributed by atoms with E-state index in [0.29, 0.717) is 13.0 Å². The van der Waals surface area contributed by atoms with Crippen LogP contribution in [0, 0.1) is 0 Å². The second-order valence-electron chi connectivity index (χ2n) is 6.17. The molecular formula is C21H23N3OS. The Bertz CT molecular complexity index is 802. The van der Waals surface area contributed by atoms with Gasteiger partial charge in [0, 0.05) is 30.2 Å². The summed E-state index contributed by atoms with van der Waals surface area (Å²) in [5.41, 5.74) is 3.23. The molecule has 134 valence electrons. The summed E-state index contributed by atoms with van der Waals surface area (Å²) in [5.74, 6) is 0.0413. The molecule has 0 bridgehead atoms. The second kappa shape index (κ2) is 9.82. The lowest BCUT2D eigenvalue weighted by Crippen LogP contribution is -2.26. The van der Waals surface area contributed by atoms with Crippen molar-refractivity contribution in [3.63, 3.8) is 0 Å². The van der Waals surface area contributed by atoms with Crippen molar-refractivity contribution in [1.82, 2.24) is 15.3 Å². The molecule has 0 saturated carbocycles. The Morgan fingerprint density at radius 2 is 1.81 bits per heavy atom. The van der Waals surface area contributed by atoms with E-state index < -0.39 is 0 Å². The van der Waals surface area contributed by atoms with Crippen molar-refractivity contribution in [2.75, 3.05) is 6.54 Å². The Balaban J connectivity index is 1.36. The Kier molecular flexibility index (Phi) is 6.90. The van der Waals surface area contributed by atoms with Crippen LogP contribution in [-0.4, -0.2) is 22.4 Å². The van der Waals surface area contributed by atoms with Crippen LogP contribution in [0.2, 0.25) is 0 Å². The zero-order valence-corrected chi connectivity index (χ0v) is 15.5. The molecule has 0 saturated heterocycles. The number of amides is 1. The van der Waals surface area contributed by atoms with Crippen LogP contribution < -0.4 is 5.32 Å². The summed E-state index contributed by atoms with van der Waals surface area (Å²) >= 11 is 1.62. The molecule has 26 heavy (non-hydrogen) atoms. The average molecular weight is 366 g/mol. The number of aromatic nitrogens is 2. The van der Waals surface area contributed by atoms with Gasteiger partial charge in [-0.1, -0.05) is 36.4 Å². The van der Waals surface area contributed by atoms with E-state index in [1.165, 1.54) is 5.56 Å². The van der Waals surface area contributed by atoms with Crippen molar-refractivity contribution in [3.8, 4) is 0 Å². The molecule has 2 aromatic heterocycles. The maximum atomic E-state index is 12.1. The SMILES string of the molecule is O=C(Cc1csc(CCc2ccccn2)n1)NCCCc1ccccc1. The highest BCUT2D eigenvalue weighted by Gasteiger charge is 2.08. The molecule has 0 aliphatic rings. The molecule has 1 aromatic carbocycles. The van der Waals surface area contributed by atoms with Gasteiger partial charge in [-0.05, 0) is 37.0 Å². The van der Waals surface area contributed by atoms with E-state index in [1.54, 1.807) is 11.3 Å². The van der Waals surface area contributed by atoms with Crippen LogP contribution in [0.25, 0.3) is 0 Å². The van der Waals surface area contributed by atoms with Crippen LogP contribution in [0.1, 0.15) is 28.4 Å². The molecule has 0 atom stereocenters. The monoisotopic (exact) mass is 365 g/mol. The third-order valence-corrected chi connectivity index (χ3v) is 5.03. The number of carbonyl (C=O) groups is 1. The van der Waals surface area contributed by atoms with E-state index >= 15 is 0 Å². The molecule has 0 aliphatic heterocycles. The number of thiazole rings is 1. The summed E-state index contributed by atoms with van der Waals surface area (Å²) in [6.45, 7) is 0.699. The van der Waals surface area contributed by atoms with Gasteiger partial charge < -0.3 is 5.32 Å². The first-order chi connectivity index (χ1) is 12.8. The van der Waals surface area contributed by atoms with Crippen LogP contribution in [0.3, 0.4) is 0 Å². The van der Waals surface area contributed by atoms with E-state index in [4.69, 9.17) is 0 Å². The number of aryl methyl sites for hydroxylation is 3. The summed E-state index contributed by atoms with van der Waals surface area (Å²) < 4.78 is 0. The van der Waals surface area contributed by atoms with E-state index in [1.807, 2.05) is 48.0 Å². The summed E-state index contributed by atoms with van der Waals surface area (Å²) in [4.78, 5) is 21.0. The zero-order chi connectivity index (χ0) is 18.0. The predicted molar refractivity (Wildman–Crippen MR) is 105 cm³/mol. The molecule has 5 heteroatoms. The lowest BCUT2D eigenvalue weighted by Gasteiger charge is -2.04. The number of hydrogen-bond acceptors (Lipinski definition) is 4. The average Bonchev–Trinajstić information content (AvgIpc) is 3.12. The molecule has 0 spiro atoms. The van der Waals surface area contributed by atoms with Crippen molar-refractivity contribution in [2.24, 2.45) is 0 Å². The third kappa shape index (κ3) is 6.08. The normalized spacial score (nSPS) is 10.6. The summed E-state index contributed by atoms with van der Waals surface area (Å²) in [6, 6.07) is 16.3. The number of benzene rings is 1. The van der Waals surface area contributed by atoms with Crippen molar-refractivity contribution in [2.45, 2.75) is 32.1 Å². The van der Waals surface area contributed by atoms with Gasteiger partial charge >= 0.3 is 0 Å². The number of nitrogens with zero attached hydrogens (tertiary/aromatic N) is 2. The minimum absolute atomic E-state index is 0.0413. The van der Waals surface area contributed by atoms with Gasteiger partial charge in [0.1, 0.15) is 0 Å². The topological polar surface area (TPSA) is 54.9 Å². The Hall–Kier alpha value is -2.53. The minimum atomic E-state index is 0.0413. The molecular weight excluding hydrogens is 342 g/mol. The van der Waals surface area contributed by atoms with Crippen molar-refractivity contribution in [3.05, 3.63) is 82.1 Å².